The highest BCUT2D eigenvalue weighted by Crippen LogP contribution is 2.46. The van der Waals surface area contributed by atoms with Gasteiger partial charge in [0, 0.05) is 33.9 Å². The largest absolute Gasteiger partial charge is 0.379 e. The van der Waals surface area contributed by atoms with E-state index in [2.05, 4.69) is 21.2 Å². The summed E-state index contributed by atoms with van der Waals surface area (Å²) in [5.41, 5.74) is 0.246. The molecule has 1 fully saturated rings. The summed E-state index contributed by atoms with van der Waals surface area (Å²) < 4.78 is 21.2. The third-order valence-corrected chi connectivity index (χ3v) is 6.51. The summed E-state index contributed by atoms with van der Waals surface area (Å²) in [4.78, 5) is 25.4. The molecule has 1 N–H and O–H groups in total. The van der Waals surface area contributed by atoms with Gasteiger partial charge in [-0.1, -0.05) is 45.9 Å². The predicted molar refractivity (Wildman–Crippen MR) is 116 cm³/mol. The van der Waals surface area contributed by atoms with Gasteiger partial charge in [0.2, 0.25) is 0 Å². The number of fused-ring (bicyclic) bond motifs is 1. The number of amides is 1. The topological polar surface area (TPSA) is 67.8 Å². The van der Waals surface area contributed by atoms with Crippen LogP contribution in [-0.2, 0) is 15.1 Å². The molecule has 2 heterocycles. The number of hydrogen-bond donors (Lipinski definition) is 1. The Bertz CT molecular complexity index is 912. The van der Waals surface area contributed by atoms with Crippen LogP contribution in [0.4, 0.5) is 4.39 Å². The molecular weight excluding hydrogens is 459 g/mol. The Hall–Kier alpha value is -2.03. The van der Waals surface area contributed by atoms with Gasteiger partial charge in [-0.2, -0.15) is 0 Å². The van der Waals surface area contributed by atoms with Crippen molar-refractivity contribution in [3.05, 3.63) is 69.9 Å². The minimum atomic E-state index is -0.823. The number of thioether (sulfide) groups is 1. The summed E-state index contributed by atoms with van der Waals surface area (Å²) in [6.07, 6.45) is 0.808. The van der Waals surface area contributed by atoms with Gasteiger partial charge in [0.15, 0.2) is 5.17 Å². The van der Waals surface area contributed by atoms with Crippen LogP contribution in [0.15, 0.2) is 58.0 Å². The van der Waals surface area contributed by atoms with E-state index in [9.17, 15) is 9.18 Å². The van der Waals surface area contributed by atoms with Gasteiger partial charge in [-0.3, -0.25) is 4.79 Å². The molecule has 5 nitrogen and oxygen atoms in total. The quantitative estimate of drug-likeness (QED) is 0.703. The van der Waals surface area contributed by atoms with Crippen LogP contribution >= 0.6 is 27.7 Å². The molecule has 2 unspecified atom stereocenters. The van der Waals surface area contributed by atoms with E-state index in [0.717, 1.165) is 16.6 Å². The van der Waals surface area contributed by atoms with Crippen LogP contribution in [0.3, 0.4) is 0 Å². The second-order valence-corrected chi connectivity index (χ2v) is 8.56. The summed E-state index contributed by atoms with van der Waals surface area (Å²) in [6, 6.07) is 13.9. The molecule has 4 rings (SSSR count). The molecule has 0 spiro atoms. The molecule has 2 aromatic rings. The first-order valence-electron chi connectivity index (χ1n) is 9.00. The highest BCUT2D eigenvalue weighted by atomic mass is 79.9. The maximum absolute atomic E-state index is 14.7. The fourth-order valence-electron chi connectivity index (χ4n) is 3.56. The Morgan fingerprint density at radius 3 is 2.79 bits per heavy atom. The molecule has 1 saturated heterocycles. The van der Waals surface area contributed by atoms with Crippen molar-refractivity contribution in [3.63, 3.8) is 0 Å². The molecule has 0 aliphatic carbocycles. The third kappa shape index (κ3) is 4.60. The lowest BCUT2D eigenvalue weighted by molar-refractivity contribution is -0.0980. The van der Waals surface area contributed by atoms with Crippen molar-refractivity contribution in [2.75, 3.05) is 19.0 Å². The van der Waals surface area contributed by atoms with Gasteiger partial charge in [0.25, 0.3) is 5.91 Å². The molecule has 2 atom stereocenters. The third-order valence-electron chi connectivity index (χ3n) is 4.98. The molecule has 8 heteroatoms. The zero-order chi connectivity index (χ0) is 20.9. The van der Waals surface area contributed by atoms with Crippen molar-refractivity contribution in [2.45, 2.75) is 12.0 Å². The fraction of sp³-hybridized carbons (Fsp3) is 0.286. The number of nitrogens with zero attached hydrogens (tertiary/aromatic N) is 1. The molecular formula is C21H20BrFN2O3S. The zero-order valence-electron chi connectivity index (χ0n) is 15.6. The smallest absolute Gasteiger partial charge is 0.257 e. The standard InChI is InChI=1S/C20H18BrFN2O2S.CH2O/c21-15-6-7-17(22)16(10-15)20-12-26-9-8-14(20)11-27-19(24-20)23-18(25)13-4-2-1-3-5-13;1-2/h1-7,10,14H,8-9,11-12H2,(H,23,24,25);1H2. The number of carbonyl (C=O) groups is 2. The minimum absolute atomic E-state index is 0.150. The van der Waals surface area contributed by atoms with Crippen molar-refractivity contribution < 1.29 is 18.7 Å². The number of rotatable bonds is 2. The maximum Gasteiger partial charge on any atom is 0.257 e. The van der Waals surface area contributed by atoms with Gasteiger partial charge in [-0.15, -0.1) is 0 Å². The summed E-state index contributed by atoms with van der Waals surface area (Å²) in [5, 5.41) is 3.39. The maximum atomic E-state index is 14.7. The van der Waals surface area contributed by atoms with Crippen molar-refractivity contribution in [1.82, 2.24) is 5.32 Å². The number of carbonyl (C=O) groups excluding carboxylic acids is 2. The first-order chi connectivity index (χ1) is 14.1. The average molecular weight is 479 g/mol. The first-order valence-corrected chi connectivity index (χ1v) is 10.8. The van der Waals surface area contributed by atoms with E-state index in [-0.39, 0.29) is 17.6 Å². The number of aliphatic imine (C=N–C) groups is 1. The van der Waals surface area contributed by atoms with Gasteiger partial charge in [-0.05, 0) is 36.8 Å². The molecule has 152 valence electrons. The van der Waals surface area contributed by atoms with Crippen molar-refractivity contribution in [3.8, 4) is 0 Å². The minimum Gasteiger partial charge on any atom is -0.379 e. The van der Waals surface area contributed by atoms with Crippen LogP contribution in [0.5, 0.6) is 0 Å². The Kier molecular flexibility index (Phi) is 7.21. The second kappa shape index (κ2) is 9.65. The van der Waals surface area contributed by atoms with Gasteiger partial charge in [-0.25, -0.2) is 9.38 Å². The summed E-state index contributed by atoms with van der Waals surface area (Å²) in [5.74, 6) is 0.376. The normalized spacial score (nSPS) is 23.1. The lowest BCUT2D eigenvalue weighted by atomic mass is 9.76. The SMILES string of the molecule is C=O.O=C(NC1=NC2(c3cc(Br)ccc3F)COCCC2CS1)c1ccccc1. The molecule has 2 aromatic carbocycles. The summed E-state index contributed by atoms with van der Waals surface area (Å²) in [6.45, 7) is 2.94. The number of halogens is 2. The monoisotopic (exact) mass is 478 g/mol. The number of amidine groups is 1. The zero-order valence-corrected chi connectivity index (χ0v) is 18.0. The van der Waals surface area contributed by atoms with Crippen LogP contribution < -0.4 is 5.32 Å². The van der Waals surface area contributed by atoms with Crippen molar-refractivity contribution >= 4 is 45.6 Å². The van der Waals surface area contributed by atoms with Gasteiger partial charge in [0.1, 0.15) is 18.1 Å². The van der Waals surface area contributed by atoms with E-state index < -0.39 is 5.54 Å². The highest BCUT2D eigenvalue weighted by Gasteiger charge is 2.47. The van der Waals surface area contributed by atoms with Crippen LogP contribution in [0.1, 0.15) is 22.3 Å². The van der Waals surface area contributed by atoms with Crippen molar-refractivity contribution in [1.29, 1.82) is 0 Å². The van der Waals surface area contributed by atoms with Crippen LogP contribution in [0.2, 0.25) is 0 Å². The van der Waals surface area contributed by atoms with Crippen LogP contribution in [-0.4, -0.2) is 36.8 Å². The molecule has 2 aliphatic heterocycles. The lowest BCUT2D eigenvalue weighted by Gasteiger charge is -2.44. The van der Waals surface area contributed by atoms with E-state index in [1.165, 1.54) is 17.8 Å². The average Bonchev–Trinajstić information content (AvgIpc) is 2.77. The Morgan fingerprint density at radius 2 is 2.03 bits per heavy atom. The van der Waals surface area contributed by atoms with Gasteiger partial charge < -0.3 is 14.8 Å². The lowest BCUT2D eigenvalue weighted by Crippen LogP contribution is -2.49. The first kappa shape index (κ1) is 21.7. The Balaban J connectivity index is 0.00000117. The molecule has 29 heavy (non-hydrogen) atoms. The summed E-state index contributed by atoms with van der Waals surface area (Å²) >= 11 is 4.93. The number of ether oxygens (including phenoxy) is 1. The van der Waals surface area contributed by atoms with Crippen molar-refractivity contribution in [2.24, 2.45) is 10.9 Å². The van der Waals surface area contributed by atoms with Crippen LogP contribution in [0, 0.1) is 11.7 Å². The van der Waals surface area contributed by atoms with E-state index in [4.69, 9.17) is 14.5 Å². The molecule has 1 amide bonds. The Morgan fingerprint density at radius 1 is 1.28 bits per heavy atom. The van der Waals surface area contributed by atoms with E-state index in [1.807, 2.05) is 25.0 Å². The Labute approximate surface area is 181 Å². The van der Waals surface area contributed by atoms with Crippen LogP contribution in [0.25, 0.3) is 0 Å². The molecule has 0 saturated carbocycles. The number of hydrogen-bond acceptors (Lipinski definition) is 5. The molecule has 0 aromatic heterocycles. The highest BCUT2D eigenvalue weighted by molar-refractivity contribution is 9.10. The van der Waals surface area contributed by atoms with Gasteiger partial charge >= 0.3 is 0 Å². The number of benzene rings is 2. The fourth-order valence-corrected chi connectivity index (χ4v) is 5.11. The summed E-state index contributed by atoms with van der Waals surface area (Å²) in [7, 11) is 0. The van der Waals surface area contributed by atoms with E-state index in [0.29, 0.717) is 29.5 Å². The number of nitrogens with one attached hydrogen (secondary N) is 1. The van der Waals surface area contributed by atoms with E-state index in [1.54, 1.807) is 24.3 Å². The molecule has 0 bridgehead atoms. The molecule has 0 radical (unpaired) electrons. The van der Waals surface area contributed by atoms with Gasteiger partial charge in [0.05, 0.1) is 6.61 Å². The molecule has 2 aliphatic rings. The van der Waals surface area contributed by atoms with E-state index >= 15 is 0 Å². The predicted octanol–water partition coefficient (Wildman–Crippen LogP) is 4.17. The second-order valence-electron chi connectivity index (χ2n) is 6.63.